The summed E-state index contributed by atoms with van der Waals surface area (Å²) >= 11 is 13.1. The van der Waals surface area contributed by atoms with E-state index in [-0.39, 0.29) is 0 Å². The fourth-order valence-corrected chi connectivity index (χ4v) is 2.65. The Hall–Kier alpha value is -0.0200. The van der Waals surface area contributed by atoms with Gasteiger partial charge in [-0.1, -0.05) is 29.3 Å². The second-order valence-corrected chi connectivity index (χ2v) is 5.11. The van der Waals surface area contributed by atoms with E-state index >= 15 is 0 Å². The molecular formula is C9H10Cl2OS. The molecule has 1 N–H and O–H groups in total. The van der Waals surface area contributed by atoms with Crippen LogP contribution in [0.4, 0.5) is 0 Å². The molecule has 1 unspecified atom stereocenters. The lowest BCUT2D eigenvalue weighted by atomic mass is 10.1. The summed E-state index contributed by atoms with van der Waals surface area (Å²) < 4.78 is 1.33. The van der Waals surface area contributed by atoms with Crippen molar-refractivity contribution in [1.29, 1.82) is 0 Å². The zero-order valence-electron chi connectivity index (χ0n) is 7.34. The lowest BCUT2D eigenvalue weighted by molar-refractivity contribution is 0.244. The molecule has 0 saturated carbocycles. The number of thiophene rings is 1. The van der Waals surface area contributed by atoms with Crippen molar-refractivity contribution in [2.45, 2.75) is 20.0 Å². The fourth-order valence-electron chi connectivity index (χ4n) is 1.06. The summed E-state index contributed by atoms with van der Waals surface area (Å²) in [5, 5.41) is 9.13. The lowest BCUT2D eigenvalue weighted by Gasteiger charge is -2.00. The summed E-state index contributed by atoms with van der Waals surface area (Å²) in [7, 11) is 0. The van der Waals surface area contributed by atoms with Gasteiger partial charge >= 0.3 is 0 Å². The van der Waals surface area contributed by atoms with Crippen molar-refractivity contribution in [3.63, 3.8) is 0 Å². The molecule has 13 heavy (non-hydrogen) atoms. The van der Waals surface area contributed by atoms with Gasteiger partial charge in [0.1, 0.15) is 4.34 Å². The molecule has 0 aliphatic carbocycles. The predicted molar refractivity (Wildman–Crippen MR) is 59.7 cm³/mol. The SMILES string of the molecule is C/C(=C/C(C)O)c1cc(Cl)sc1Cl. The van der Waals surface area contributed by atoms with Crippen LogP contribution in [-0.4, -0.2) is 11.2 Å². The molecule has 1 heterocycles. The van der Waals surface area contributed by atoms with Crippen molar-refractivity contribution < 1.29 is 5.11 Å². The van der Waals surface area contributed by atoms with Crippen molar-refractivity contribution >= 4 is 40.1 Å². The topological polar surface area (TPSA) is 20.2 Å². The number of rotatable bonds is 2. The van der Waals surface area contributed by atoms with Gasteiger partial charge in [0, 0.05) is 5.56 Å². The van der Waals surface area contributed by atoms with Crippen molar-refractivity contribution in [2.75, 3.05) is 0 Å². The third kappa shape index (κ3) is 2.99. The first-order valence-electron chi connectivity index (χ1n) is 3.82. The van der Waals surface area contributed by atoms with Gasteiger partial charge < -0.3 is 5.11 Å². The first kappa shape index (κ1) is 11.1. The van der Waals surface area contributed by atoms with E-state index in [9.17, 15) is 0 Å². The van der Waals surface area contributed by atoms with Gasteiger partial charge in [-0.3, -0.25) is 0 Å². The summed E-state index contributed by atoms with van der Waals surface area (Å²) in [5.41, 5.74) is 1.85. The van der Waals surface area contributed by atoms with E-state index in [0.717, 1.165) is 11.1 Å². The molecule has 1 rings (SSSR count). The number of allylic oxidation sites excluding steroid dienone is 1. The maximum Gasteiger partial charge on any atom is 0.102 e. The number of aliphatic hydroxyl groups excluding tert-OH is 1. The van der Waals surface area contributed by atoms with Crippen molar-refractivity contribution in [1.82, 2.24) is 0 Å². The number of hydrogen-bond acceptors (Lipinski definition) is 2. The van der Waals surface area contributed by atoms with Crippen LogP contribution >= 0.6 is 34.5 Å². The summed E-state index contributed by atoms with van der Waals surface area (Å²) in [6.07, 6.45) is 1.28. The Kier molecular flexibility index (Phi) is 3.80. The van der Waals surface area contributed by atoms with Gasteiger partial charge in [0.25, 0.3) is 0 Å². The third-order valence-corrected chi connectivity index (χ3v) is 3.06. The van der Waals surface area contributed by atoms with Gasteiger partial charge in [-0.15, -0.1) is 11.3 Å². The van der Waals surface area contributed by atoms with Gasteiger partial charge in [0.15, 0.2) is 0 Å². The molecule has 0 spiro atoms. The molecule has 0 aliphatic rings. The summed E-state index contributed by atoms with van der Waals surface area (Å²) in [6, 6.07) is 1.81. The Balaban J connectivity index is 3.01. The van der Waals surface area contributed by atoms with Crippen molar-refractivity contribution in [3.8, 4) is 0 Å². The van der Waals surface area contributed by atoms with E-state index in [0.29, 0.717) is 8.67 Å². The van der Waals surface area contributed by atoms with Crippen LogP contribution in [0.1, 0.15) is 19.4 Å². The quantitative estimate of drug-likeness (QED) is 0.828. The summed E-state index contributed by atoms with van der Waals surface area (Å²) in [4.78, 5) is 0. The standard InChI is InChI=1S/C9H10Cl2OS/c1-5(3-6(2)12)7-4-8(10)13-9(7)11/h3-4,6,12H,1-2H3/b5-3-. The fraction of sp³-hybridized carbons (Fsp3) is 0.333. The normalized spacial score (nSPS) is 14.7. The first-order valence-corrected chi connectivity index (χ1v) is 5.39. The van der Waals surface area contributed by atoms with Crippen molar-refractivity contribution in [2.24, 2.45) is 0 Å². The third-order valence-electron chi connectivity index (χ3n) is 1.57. The Labute approximate surface area is 91.6 Å². The molecule has 0 aliphatic heterocycles. The van der Waals surface area contributed by atoms with Crippen LogP contribution < -0.4 is 0 Å². The van der Waals surface area contributed by atoms with E-state index in [1.807, 2.05) is 13.0 Å². The zero-order valence-corrected chi connectivity index (χ0v) is 9.67. The molecular weight excluding hydrogens is 227 g/mol. The smallest absolute Gasteiger partial charge is 0.102 e. The Morgan fingerprint density at radius 1 is 1.62 bits per heavy atom. The number of halogens is 2. The highest BCUT2D eigenvalue weighted by molar-refractivity contribution is 7.20. The highest BCUT2D eigenvalue weighted by Crippen LogP contribution is 2.35. The van der Waals surface area contributed by atoms with E-state index in [1.165, 1.54) is 11.3 Å². The van der Waals surface area contributed by atoms with E-state index in [4.69, 9.17) is 28.3 Å². The Morgan fingerprint density at radius 3 is 2.62 bits per heavy atom. The molecule has 1 aromatic rings. The van der Waals surface area contributed by atoms with Gasteiger partial charge in [0.2, 0.25) is 0 Å². The molecule has 0 radical (unpaired) electrons. The van der Waals surface area contributed by atoms with Crippen LogP contribution in [0, 0.1) is 0 Å². The molecule has 72 valence electrons. The summed E-state index contributed by atoms with van der Waals surface area (Å²) in [6.45, 7) is 3.60. The molecule has 0 bridgehead atoms. The van der Waals surface area contributed by atoms with E-state index < -0.39 is 6.10 Å². The Morgan fingerprint density at radius 2 is 2.23 bits per heavy atom. The number of aliphatic hydroxyl groups is 1. The first-order chi connectivity index (χ1) is 6.00. The van der Waals surface area contributed by atoms with E-state index in [1.54, 1.807) is 13.0 Å². The van der Waals surface area contributed by atoms with Crippen LogP contribution in [0.15, 0.2) is 12.1 Å². The minimum absolute atomic E-state index is 0.463. The lowest BCUT2D eigenvalue weighted by Crippen LogP contribution is -1.93. The minimum atomic E-state index is -0.463. The van der Waals surface area contributed by atoms with Gasteiger partial charge in [-0.2, -0.15) is 0 Å². The molecule has 0 saturated heterocycles. The molecule has 0 aromatic carbocycles. The Bertz CT molecular complexity index is 328. The molecule has 0 fully saturated rings. The zero-order chi connectivity index (χ0) is 10.0. The van der Waals surface area contributed by atoms with Crippen LogP contribution in [0.5, 0.6) is 0 Å². The van der Waals surface area contributed by atoms with Gasteiger partial charge in [0.05, 0.1) is 10.4 Å². The van der Waals surface area contributed by atoms with Crippen molar-refractivity contribution in [3.05, 3.63) is 26.4 Å². The molecule has 0 amide bonds. The van der Waals surface area contributed by atoms with Crippen LogP contribution in [-0.2, 0) is 0 Å². The van der Waals surface area contributed by atoms with E-state index in [2.05, 4.69) is 0 Å². The minimum Gasteiger partial charge on any atom is -0.389 e. The molecule has 1 aromatic heterocycles. The molecule has 1 atom stereocenters. The highest BCUT2D eigenvalue weighted by Gasteiger charge is 2.07. The average molecular weight is 237 g/mol. The van der Waals surface area contributed by atoms with Gasteiger partial charge in [-0.25, -0.2) is 0 Å². The second kappa shape index (κ2) is 4.47. The van der Waals surface area contributed by atoms with Crippen LogP contribution in [0.2, 0.25) is 8.67 Å². The highest BCUT2D eigenvalue weighted by atomic mass is 35.5. The van der Waals surface area contributed by atoms with Crippen LogP contribution in [0.25, 0.3) is 5.57 Å². The summed E-state index contributed by atoms with van der Waals surface area (Å²) in [5.74, 6) is 0. The molecule has 4 heteroatoms. The average Bonchev–Trinajstić information content (AvgIpc) is 2.28. The van der Waals surface area contributed by atoms with Gasteiger partial charge in [-0.05, 0) is 25.5 Å². The maximum atomic E-state index is 9.13. The number of hydrogen-bond donors (Lipinski definition) is 1. The molecule has 1 nitrogen and oxygen atoms in total. The predicted octanol–water partition coefficient (Wildman–Crippen LogP) is 3.84. The largest absolute Gasteiger partial charge is 0.389 e. The monoisotopic (exact) mass is 236 g/mol. The second-order valence-electron chi connectivity index (χ2n) is 2.83. The van der Waals surface area contributed by atoms with Crippen LogP contribution in [0.3, 0.4) is 0 Å². The maximum absolute atomic E-state index is 9.13.